The Balaban J connectivity index is 1.34. The minimum Gasteiger partial charge on any atom is -0.494 e. The lowest BCUT2D eigenvalue weighted by atomic mass is 10.00. The van der Waals surface area contributed by atoms with E-state index in [1.165, 1.54) is 12.1 Å². The molecule has 1 fully saturated rings. The summed E-state index contributed by atoms with van der Waals surface area (Å²) >= 11 is 0. The molecule has 9 heteroatoms. The first-order chi connectivity index (χ1) is 18.4. The number of nitrogens with zero attached hydrogens (tertiary/aromatic N) is 3. The van der Waals surface area contributed by atoms with Crippen molar-refractivity contribution in [2.75, 3.05) is 40.0 Å². The second kappa shape index (κ2) is 9.83. The predicted octanol–water partition coefficient (Wildman–Crippen LogP) is 4.23. The number of amides is 1. The van der Waals surface area contributed by atoms with Crippen LogP contribution in [-0.4, -0.2) is 71.5 Å². The minimum absolute atomic E-state index is 0.114. The summed E-state index contributed by atoms with van der Waals surface area (Å²) in [5, 5.41) is 11.5. The number of aliphatic imine (C=N–C) groups is 1. The lowest BCUT2D eigenvalue weighted by Crippen LogP contribution is -2.47. The van der Waals surface area contributed by atoms with Crippen LogP contribution >= 0.6 is 0 Å². The molecule has 0 spiro atoms. The molecule has 2 aliphatic rings. The van der Waals surface area contributed by atoms with E-state index in [0.29, 0.717) is 51.3 Å². The van der Waals surface area contributed by atoms with Crippen molar-refractivity contribution in [1.29, 1.82) is 0 Å². The highest BCUT2D eigenvalue weighted by Gasteiger charge is 2.23. The van der Waals surface area contributed by atoms with Gasteiger partial charge in [0, 0.05) is 37.1 Å². The van der Waals surface area contributed by atoms with Crippen LogP contribution in [0.2, 0.25) is 0 Å². The van der Waals surface area contributed by atoms with Crippen LogP contribution in [-0.2, 0) is 11.2 Å². The maximum absolute atomic E-state index is 13.9. The van der Waals surface area contributed by atoms with Gasteiger partial charge in [-0.3, -0.25) is 4.79 Å². The van der Waals surface area contributed by atoms with Gasteiger partial charge in [0.2, 0.25) is 12.7 Å². The molecule has 0 aliphatic carbocycles. The van der Waals surface area contributed by atoms with Crippen LogP contribution in [0, 0.1) is 5.82 Å². The standard InChI is InChI=1S/C29H27FN4O4/c1-33-10-12-34(13-11-33)26(35)14-18-2-6-21(7-3-18)31-28(19-4-9-24-25(15-19)38-17-37-24)27-22-8-5-20(30)16-23(22)32-29(27)36/h2-9,15-16,32,36H,10-14,17H2,1H3. The van der Waals surface area contributed by atoms with Crippen molar-refractivity contribution >= 4 is 28.2 Å². The SMILES string of the molecule is CN1CCN(C(=O)Cc2ccc(N=C(c3ccc4c(c3)OCO4)c3c(O)[nH]c4cc(F)ccc34)cc2)CC1. The molecule has 4 aromatic rings. The number of aromatic amines is 1. The molecule has 1 aromatic heterocycles. The highest BCUT2D eigenvalue weighted by molar-refractivity contribution is 6.22. The molecule has 3 heterocycles. The fraction of sp³-hybridized carbons (Fsp3) is 0.241. The van der Waals surface area contributed by atoms with Crippen LogP contribution in [0.15, 0.2) is 65.7 Å². The van der Waals surface area contributed by atoms with Crippen molar-refractivity contribution in [3.8, 4) is 17.4 Å². The van der Waals surface area contributed by atoms with Crippen LogP contribution in [0.3, 0.4) is 0 Å². The molecule has 1 saturated heterocycles. The van der Waals surface area contributed by atoms with Crippen LogP contribution in [0.25, 0.3) is 10.9 Å². The van der Waals surface area contributed by atoms with Gasteiger partial charge >= 0.3 is 0 Å². The summed E-state index contributed by atoms with van der Waals surface area (Å²) in [6.45, 7) is 3.39. The van der Waals surface area contributed by atoms with Crippen LogP contribution in [0.5, 0.6) is 17.4 Å². The van der Waals surface area contributed by atoms with E-state index in [1.54, 1.807) is 12.1 Å². The number of piperazine rings is 1. The number of H-pyrrole nitrogens is 1. The van der Waals surface area contributed by atoms with Gasteiger partial charge in [-0.15, -0.1) is 0 Å². The Morgan fingerprint density at radius 3 is 2.55 bits per heavy atom. The van der Waals surface area contributed by atoms with Gasteiger partial charge in [0.25, 0.3) is 0 Å². The molecule has 0 bridgehead atoms. The fourth-order valence-corrected chi connectivity index (χ4v) is 4.86. The molecule has 194 valence electrons. The number of hydrogen-bond donors (Lipinski definition) is 2. The van der Waals surface area contributed by atoms with Crippen molar-refractivity contribution in [1.82, 2.24) is 14.8 Å². The molecule has 0 saturated carbocycles. The number of likely N-dealkylation sites (N-methyl/N-ethyl adjacent to an activating group) is 1. The van der Waals surface area contributed by atoms with Gasteiger partial charge in [0.15, 0.2) is 17.4 Å². The molecule has 38 heavy (non-hydrogen) atoms. The summed E-state index contributed by atoms with van der Waals surface area (Å²) in [6.07, 6.45) is 0.331. The van der Waals surface area contributed by atoms with E-state index in [-0.39, 0.29) is 18.6 Å². The van der Waals surface area contributed by atoms with Gasteiger partial charge in [-0.2, -0.15) is 0 Å². The average molecular weight is 515 g/mol. The number of aromatic hydroxyl groups is 1. The summed E-state index contributed by atoms with van der Waals surface area (Å²) in [4.78, 5) is 24.6. The molecule has 6 rings (SSSR count). The highest BCUT2D eigenvalue weighted by Crippen LogP contribution is 2.36. The number of halogens is 1. The van der Waals surface area contributed by atoms with Gasteiger partial charge in [0.1, 0.15) is 5.82 Å². The summed E-state index contributed by atoms with van der Waals surface area (Å²) in [6, 6.07) is 17.3. The third kappa shape index (κ3) is 4.68. The maximum Gasteiger partial charge on any atom is 0.231 e. The molecule has 0 unspecified atom stereocenters. The summed E-state index contributed by atoms with van der Waals surface area (Å²) in [7, 11) is 2.06. The summed E-state index contributed by atoms with van der Waals surface area (Å²) < 4.78 is 24.9. The number of ether oxygens (including phenoxy) is 2. The van der Waals surface area contributed by atoms with Crippen molar-refractivity contribution in [2.24, 2.45) is 4.99 Å². The molecule has 1 amide bonds. The molecular weight excluding hydrogens is 487 g/mol. The Morgan fingerprint density at radius 1 is 1.00 bits per heavy atom. The smallest absolute Gasteiger partial charge is 0.231 e. The Bertz CT molecular complexity index is 1540. The van der Waals surface area contributed by atoms with Crippen molar-refractivity contribution in [3.05, 3.63) is 83.2 Å². The first kappa shape index (κ1) is 24.0. The second-order valence-corrected chi connectivity index (χ2v) is 9.59. The molecule has 3 aromatic carbocycles. The molecule has 2 N–H and O–H groups in total. The van der Waals surface area contributed by atoms with Crippen LogP contribution in [0.4, 0.5) is 10.1 Å². The number of fused-ring (bicyclic) bond motifs is 2. The van der Waals surface area contributed by atoms with E-state index in [4.69, 9.17) is 14.5 Å². The van der Waals surface area contributed by atoms with Gasteiger partial charge in [-0.05, 0) is 61.1 Å². The third-order valence-corrected chi connectivity index (χ3v) is 7.01. The van der Waals surface area contributed by atoms with E-state index in [0.717, 1.165) is 31.7 Å². The summed E-state index contributed by atoms with van der Waals surface area (Å²) in [5.74, 6) is 0.808. The number of hydrogen-bond acceptors (Lipinski definition) is 6. The topological polar surface area (TPSA) is 90.4 Å². The highest BCUT2D eigenvalue weighted by atomic mass is 19.1. The number of carbonyl (C=O) groups excluding carboxylic acids is 1. The van der Waals surface area contributed by atoms with E-state index < -0.39 is 5.82 Å². The Labute approximate surface area is 218 Å². The molecule has 2 aliphatic heterocycles. The molecule has 8 nitrogen and oxygen atoms in total. The third-order valence-electron chi connectivity index (χ3n) is 7.01. The van der Waals surface area contributed by atoms with Crippen molar-refractivity contribution < 1.29 is 23.8 Å². The van der Waals surface area contributed by atoms with Crippen molar-refractivity contribution in [3.63, 3.8) is 0 Å². The Kier molecular flexibility index (Phi) is 6.21. The van der Waals surface area contributed by atoms with Gasteiger partial charge in [-0.1, -0.05) is 12.1 Å². The molecule has 0 atom stereocenters. The predicted molar refractivity (Wildman–Crippen MR) is 142 cm³/mol. The minimum atomic E-state index is -0.409. The van der Waals surface area contributed by atoms with Gasteiger partial charge in [-0.25, -0.2) is 9.38 Å². The number of carbonyl (C=O) groups is 1. The quantitative estimate of drug-likeness (QED) is 0.389. The normalized spacial score (nSPS) is 15.8. The Hall–Kier alpha value is -4.37. The zero-order chi connectivity index (χ0) is 26.2. The zero-order valence-electron chi connectivity index (χ0n) is 20.9. The monoisotopic (exact) mass is 514 g/mol. The van der Waals surface area contributed by atoms with Crippen LogP contribution in [0.1, 0.15) is 16.7 Å². The van der Waals surface area contributed by atoms with Crippen LogP contribution < -0.4 is 9.47 Å². The number of benzene rings is 3. The first-order valence-corrected chi connectivity index (χ1v) is 12.5. The molecule has 0 radical (unpaired) electrons. The largest absolute Gasteiger partial charge is 0.494 e. The first-order valence-electron chi connectivity index (χ1n) is 12.5. The lowest BCUT2D eigenvalue weighted by molar-refractivity contribution is -0.132. The number of rotatable bonds is 5. The number of nitrogens with one attached hydrogen (secondary N) is 1. The zero-order valence-corrected chi connectivity index (χ0v) is 20.9. The number of aromatic nitrogens is 1. The van der Waals surface area contributed by atoms with Gasteiger partial charge < -0.3 is 29.4 Å². The molecular formula is C29H27FN4O4. The average Bonchev–Trinajstić information content (AvgIpc) is 3.51. The van der Waals surface area contributed by atoms with Crippen molar-refractivity contribution in [2.45, 2.75) is 6.42 Å². The van der Waals surface area contributed by atoms with E-state index in [1.807, 2.05) is 41.3 Å². The maximum atomic E-state index is 13.9. The lowest BCUT2D eigenvalue weighted by Gasteiger charge is -2.32. The summed E-state index contributed by atoms with van der Waals surface area (Å²) in [5.41, 5.74) is 3.65. The van der Waals surface area contributed by atoms with E-state index in [9.17, 15) is 14.3 Å². The van der Waals surface area contributed by atoms with E-state index in [2.05, 4.69) is 16.9 Å². The van der Waals surface area contributed by atoms with E-state index >= 15 is 0 Å². The van der Waals surface area contributed by atoms with Gasteiger partial charge in [0.05, 0.1) is 28.9 Å². The Morgan fingerprint density at radius 2 is 1.76 bits per heavy atom. The second-order valence-electron chi connectivity index (χ2n) is 9.59. The fourth-order valence-electron chi connectivity index (χ4n) is 4.86.